The molecule has 0 saturated carbocycles. The Balaban J connectivity index is 2.02. The molecule has 0 bridgehead atoms. The number of ether oxygens (including phenoxy) is 1. The summed E-state index contributed by atoms with van der Waals surface area (Å²) in [6.45, 7) is 0. The van der Waals surface area contributed by atoms with Gasteiger partial charge in [-0.3, -0.25) is 14.5 Å². The van der Waals surface area contributed by atoms with E-state index in [1.807, 2.05) is 0 Å². The van der Waals surface area contributed by atoms with Crippen molar-refractivity contribution in [3.8, 4) is 5.75 Å². The molecular weight excluding hydrogens is 527 g/mol. The Kier molecular flexibility index (Phi) is 6.78. The van der Waals surface area contributed by atoms with Gasteiger partial charge in [0.15, 0.2) is 0 Å². The quantitative estimate of drug-likeness (QED) is 0.218. The monoisotopic (exact) mass is 539 g/mol. The van der Waals surface area contributed by atoms with E-state index in [4.69, 9.17) is 51.1 Å². The number of hydrogen-bond donors (Lipinski definition) is 1. The lowest BCUT2D eigenvalue weighted by atomic mass is 9.94. The van der Waals surface area contributed by atoms with E-state index in [-0.39, 0.29) is 42.7 Å². The molecule has 4 rings (SSSR count). The molecule has 34 heavy (non-hydrogen) atoms. The van der Waals surface area contributed by atoms with Crippen LogP contribution in [0.5, 0.6) is 5.75 Å². The van der Waals surface area contributed by atoms with Crippen molar-refractivity contribution in [2.24, 2.45) is 0 Å². The molecule has 5 nitrogen and oxygen atoms in total. The van der Waals surface area contributed by atoms with Crippen LogP contribution in [0.3, 0.4) is 0 Å². The molecule has 174 valence electrons. The molecule has 3 aromatic rings. The highest BCUT2D eigenvalue weighted by Gasteiger charge is 2.47. The number of methoxy groups -OCH3 is 1. The predicted octanol–water partition coefficient (Wildman–Crippen LogP) is 7.07. The number of aliphatic hydroxyl groups excluding tert-OH is 1. The fraction of sp³-hybridized carbons (Fsp3) is 0.0833. The minimum atomic E-state index is -1.12. The van der Waals surface area contributed by atoms with E-state index in [0.717, 1.165) is 17.0 Å². The molecule has 1 aliphatic heterocycles. The van der Waals surface area contributed by atoms with E-state index in [2.05, 4.69) is 0 Å². The second kappa shape index (κ2) is 9.47. The van der Waals surface area contributed by atoms with Gasteiger partial charge >= 0.3 is 0 Å². The Morgan fingerprint density at radius 1 is 0.941 bits per heavy atom. The van der Waals surface area contributed by atoms with Crippen LogP contribution in [-0.4, -0.2) is 23.9 Å². The van der Waals surface area contributed by atoms with E-state index in [1.165, 1.54) is 43.5 Å². The van der Waals surface area contributed by atoms with Gasteiger partial charge in [0.05, 0.1) is 39.4 Å². The number of anilines is 1. The largest absolute Gasteiger partial charge is 0.507 e. The normalized spacial score (nSPS) is 17.4. The zero-order chi connectivity index (χ0) is 24.7. The number of nitrogens with zero attached hydrogens (tertiary/aromatic N) is 1. The van der Waals surface area contributed by atoms with E-state index in [9.17, 15) is 19.1 Å². The summed E-state index contributed by atoms with van der Waals surface area (Å²) in [4.78, 5) is 27.5. The van der Waals surface area contributed by atoms with Gasteiger partial charge in [-0.05, 0) is 54.1 Å². The van der Waals surface area contributed by atoms with Crippen molar-refractivity contribution in [2.75, 3.05) is 12.0 Å². The Morgan fingerprint density at radius 3 is 2.24 bits per heavy atom. The van der Waals surface area contributed by atoms with E-state index >= 15 is 0 Å². The maximum atomic E-state index is 13.6. The maximum absolute atomic E-state index is 13.6. The summed E-state index contributed by atoms with van der Waals surface area (Å²) in [7, 11) is 1.33. The summed E-state index contributed by atoms with van der Waals surface area (Å²) in [5, 5.41) is 12.0. The number of Topliss-reactive ketones (excluding diaryl/α,β-unsaturated/α-hetero) is 1. The SMILES string of the molecule is COc1c(Cl)cc(Cl)cc1/C(O)=C1\C(=O)C(=O)N(c2ccc(F)cc2)C1c1ccc(Cl)c(Cl)c1. The van der Waals surface area contributed by atoms with Crippen LogP contribution in [0.15, 0.2) is 60.2 Å². The fourth-order valence-corrected chi connectivity index (χ4v) is 4.66. The molecule has 0 radical (unpaired) electrons. The average Bonchev–Trinajstić information content (AvgIpc) is 3.06. The molecule has 1 N–H and O–H groups in total. The Morgan fingerprint density at radius 2 is 1.62 bits per heavy atom. The number of benzene rings is 3. The number of carbonyl (C=O) groups is 2. The molecule has 1 atom stereocenters. The van der Waals surface area contributed by atoms with Crippen molar-refractivity contribution in [1.82, 2.24) is 0 Å². The van der Waals surface area contributed by atoms with Crippen molar-refractivity contribution >= 4 is 69.5 Å². The van der Waals surface area contributed by atoms with Crippen LogP contribution in [0, 0.1) is 5.82 Å². The lowest BCUT2D eigenvalue weighted by molar-refractivity contribution is -0.132. The second-order valence-electron chi connectivity index (χ2n) is 7.29. The zero-order valence-corrected chi connectivity index (χ0v) is 20.3. The standard InChI is InChI=1S/C24H14Cl4FNO4/c1-34-23-15(9-12(25)10-18(23)28)21(31)19-20(11-2-7-16(26)17(27)8-11)30(24(33)22(19)32)14-5-3-13(29)4-6-14/h2-10,20,31H,1H3/b21-19+. The van der Waals surface area contributed by atoms with Crippen LogP contribution in [0.2, 0.25) is 20.1 Å². The van der Waals surface area contributed by atoms with Gasteiger partial charge < -0.3 is 9.84 Å². The first-order valence-corrected chi connectivity index (χ1v) is 11.2. The van der Waals surface area contributed by atoms with Crippen molar-refractivity contribution in [3.63, 3.8) is 0 Å². The van der Waals surface area contributed by atoms with Crippen LogP contribution in [0.25, 0.3) is 5.76 Å². The summed E-state index contributed by atoms with van der Waals surface area (Å²) in [6.07, 6.45) is 0. The molecular formula is C24H14Cl4FNO4. The van der Waals surface area contributed by atoms with Gasteiger partial charge in [-0.25, -0.2) is 4.39 Å². The number of amides is 1. The lowest BCUT2D eigenvalue weighted by Crippen LogP contribution is -2.29. The molecule has 3 aromatic carbocycles. The predicted molar refractivity (Wildman–Crippen MR) is 131 cm³/mol. The van der Waals surface area contributed by atoms with E-state index in [0.29, 0.717) is 5.56 Å². The Bertz CT molecular complexity index is 1360. The summed E-state index contributed by atoms with van der Waals surface area (Å²) in [6, 6.07) is 11.2. The molecule has 1 unspecified atom stereocenters. The number of carbonyl (C=O) groups excluding carboxylic acids is 2. The zero-order valence-electron chi connectivity index (χ0n) is 17.3. The third-order valence-corrected chi connectivity index (χ3v) is 6.51. The maximum Gasteiger partial charge on any atom is 0.300 e. The Hall–Kier alpha value is -2.77. The molecule has 0 aliphatic carbocycles. The van der Waals surface area contributed by atoms with Crippen molar-refractivity contribution in [1.29, 1.82) is 0 Å². The first-order valence-electron chi connectivity index (χ1n) is 9.69. The molecule has 1 fully saturated rings. The molecule has 0 spiro atoms. The summed E-state index contributed by atoms with van der Waals surface area (Å²) in [5.74, 6) is -2.93. The first-order chi connectivity index (χ1) is 16.1. The highest BCUT2D eigenvalue weighted by molar-refractivity contribution is 6.52. The van der Waals surface area contributed by atoms with Crippen LogP contribution in [0.1, 0.15) is 17.2 Å². The highest BCUT2D eigenvalue weighted by Crippen LogP contribution is 2.45. The van der Waals surface area contributed by atoms with E-state index < -0.39 is 29.3 Å². The van der Waals surface area contributed by atoms with Crippen LogP contribution < -0.4 is 9.64 Å². The van der Waals surface area contributed by atoms with Crippen molar-refractivity contribution in [3.05, 3.63) is 97.2 Å². The minimum absolute atomic E-state index is 0.0159. The van der Waals surface area contributed by atoms with Crippen LogP contribution in [0.4, 0.5) is 10.1 Å². The first kappa shape index (κ1) is 24.4. The third-order valence-electron chi connectivity index (χ3n) is 5.28. The van der Waals surface area contributed by atoms with Gasteiger partial charge in [-0.2, -0.15) is 0 Å². The van der Waals surface area contributed by atoms with Crippen molar-refractivity contribution < 1.29 is 23.8 Å². The lowest BCUT2D eigenvalue weighted by Gasteiger charge is -2.26. The molecule has 1 saturated heterocycles. The summed E-state index contributed by atoms with van der Waals surface area (Å²) in [5.41, 5.74) is 0.368. The number of halogens is 5. The van der Waals surface area contributed by atoms with Gasteiger partial charge in [0.25, 0.3) is 11.7 Å². The molecule has 1 heterocycles. The molecule has 0 aromatic heterocycles. The van der Waals surface area contributed by atoms with Gasteiger partial charge in [0, 0.05) is 10.7 Å². The number of ketones is 1. The average molecular weight is 541 g/mol. The molecule has 10 heteroatoms. The van der Waals surface area contributed by atoms with Crippen LogP contribution in [-0.2, 0) is 9.59 Å². The van der Waals surface area contributed by atoms with E-state index in [1.54, 1.807) is 6.07 Å². The summed E-state index contributed by atoms with van der Waals surface area (Å²) < 4.78 is 18.9. The van der Waals surface area contributed by atoms with Gasteiger partial charge in [0.1, 0.15) is 17.3 Å². The van der Waals surface area contributed by atoms with Gasteiger partial charge in [-0.1, -0.05) is 52.5 Å². The van der Waals surface area contributed by atoms with Crippen LogP contribution >= 0.6 is 46.4 Å². The topological polar surface area (TPSA) is 66.8 Å². The van der Waals surface area contributed by atoms with Gasteiger partial charge in [0.2, 0.25) is 0 Å². The third kappa shape index (κ3) is 4.23. The molecule has 1 amide bonds. The van der Waals surface area contributed by atoms with Crippen molar-refractivity contribution in [2.45, 2.75) is 6.04 Å². The number of rotatable bonds is 4. The van der Waals surface area contributed by atoms with Gasteiger partial charge in [-0.15, -0.1) is 0 Å². The fourth-order valence-electron chi connectivity index (χ4n) is 3.79. The summed E-state index contributed by atoms with van der Waals surface area (Å²) >= 11 is 24.6. The number of aliphatic hydroxyl groups is 1. The smallest absolute Gasteiger partial charge is 0.300 e. The second-order valence-corrected chi connectivity index (χ2v) is 8.95. The molecule has 1 aliphatic rings. The minimum Gasteiger partial charge on any atom is -0.507 e. The highest BCUT2D eigenvalue weighted by atomic mass is 35.5. The Labute approximate surface area is 213 Å². The number of hydrogen-bond acceptors (Lipinski definition) is 4.